The van der Waals surface area contributed by atoms with Crippen molar-refractivity contribution in [3.05, 3.63) is 18.3 Å². The van der Waals surface area contributed by atoms with E-state index in [9.17, 15) is 5.11 Å². The molecule has 18 heavy (non-hydrogen) atoms. The highest BCUT2D eigenvalue weighted by Crippen LogP contribution is 2.30. The summed E-state index contributed by atoms with van der Waals surface area (Å²) >= 11 is 0. The molecule has 0 amide bonds. The van der Waals surface area contributed by atoms with E-state index in [1.165, 1.54) is 0 Å². The molecule has 2 aromatic heterocycles. The van der Waals surface area contributed by atoms with Crippen molar-refractivity contribution in [3.8, 4) is 11.6 Å². The zero-order valence-electron chi connectivity index (χ0n) is 10.1. The number of imidazole rings is 1. The average Bonchev–Trinajstić information content (AvgIpc) is 2.98. The molecule has 96 valence electrons. The van der Waals surface area contributed by atoms with E-state index < -0.39 is 5.60 Å². The van der Waals surface area contributed by atoms with Crippen LogP contribution < -0.4 is 5.32 Å². The fourth-order valence-corrected chi connectivity index (χ4v) is 2.14. The van der Waals surface area contributed by atoms with Crippen LogP contribution in [0.2, 0.25) is 0 Å². The molecule has 2 aromatic rings. The van der Waals surface area contributed by atoms with E-state index in [0.29, 0.717) is 24.5 Å². The van der Waals surface area contributed by atoms with Gasteiger partial charge in [-0.15, -0.1) is 0 Å². The molecule has 1 aliphatic rings. The molecule has 0 aromatic carbocycles. The lowest BCUT2D eigenvalue weighted by molar-refractivity contribution is -0.0228. The summed E-state index contributed by atoms with van der Waals surface area (Å²) < 4.78 is 7.00. The second-order valence-electron chi connectivity index (χ2n) is 4.57. The molecule has 3 rings (SSSR count). The number of nitrogens with one attached hydrogen (secondary N) is 1. The molecule has 3 heterocycles. The molecule has 0 unspecified atom stereocenters. The van der Waals surface area contributed by atoms with Gasteiger partial charge in [-0.05, 0) is 25.9 Å². The van der Waals surface area contributed by atoms with Crippen molar-refractivity contribution in [2.75, 3.05) is 13.1 Å². The van der Waals surface area contributed by atoms with Gasteiger partial charge in [-0.3, -0.25) is 0 Å². The minimum Gasteiger partial charge on any atom is -0.380 e. The zero-order chi connectivity index (χ0) is 12.6. The van der Waals surface area contributed by atoms with Gasteiger partial charge in [0.05, 0.1) is 0 Å². The summed E-state index contributed by atoms with van der Waals surface area (Å²) in [6, 6.07) is 0. The van der Waals surface area contributed by atoms with Gasteiger partial charge >= 0.3 is 0 Å². The van der Waals surface area contributed by atoms with Gasteiger partial charge in [0.2, 0.25) is 5.82 Å². The van der Waals surface area contributed by atoms with Crippen LogP contribution in [0.3, 0.4) is 0 Å². The maximum Gasteiger partial charge on any atom is 0.259 e. The number of piperidine rings is 1. The van der Waals surface area contributed by atoms with E-state index in [4.69, 9.17) is 4.52 Å². The zero-order valence-corrected chi connectivity index (χ0v) is 10.1. The van der Waals surface area contributed by atoms with Crippen LogP contribution >= 0.6 is 0 Å². The molecule has 0 radical (unpaired) electrons. The fourth-order valence-electron chi connectivity index (χ4n) is 2.14. The third-order valence-electron chi connectivity index (χ3n) is 3.28. The van der Waals surface area contributed by atoms with Crippen molar-refractivity contribution >= 4 is 0 Å². The van der Waals surface area contributed by atoms with E-state index in [-0.39, 0.29) is 5.89 Å². The maximum absolute atomic E-state index is 10.5. The van der Waals surface area contributed by atoms with E-state index in [0.717, 1.165) is 13.1 Å². The third kappa shape index (κ3) is 1.81. The van der Waals surface area contributed by atoms with Crippen LogP contribution in [0.4, 0.5) is 0 Å². The molecule has 0 saturated carbocycles. The Hall–Kier alpha value is -1.73. The third-order valence-corrected chi connectivity index (χ3v) is 3.28. The lowest BCUT2D eigenvalue weighted by atomic mass is 9.92. The molecule has 7 heteroatoms. The van der Waals surface area contributed by atoms with Gasteiger partial charge in [0.1, 0.15) is 5.60 Å². The molecule has 7 nitrogen and oxygen atoms in total. The quantitative estimate of drug-likeness (QED) is 0.781. The fraction of sp³-hybridized carbons (Fsp3) is 0.545. The van der Waals surface area contributed by atoms with Crippen LogP contribution in [0.25, 0.3) is 11.6 Å². The normalized spacial score (nSPS) is 19.0. The Labute approximate surface area is 104 Å². The molecule has 1 fully saturated rings. The predicted molar refractivity (Wildman–Crippen MR) is 62.5 cm³/mol. The maximum atomic E-state index is 10.5. The van der Waals surface area contributed by atoms with Gasteiger partial charge < -0.3 is 19.5 Å². The van der Waals surface area contributed by atoms with Crippen LogP contribution in [0.15, 0.2) is 16.9 Å². The Morgan fingerprint density at radius 2 is 2.22 bits per heavy atom. The molecule has 2 N–H and O–H groups in total. The SMILES string of the molecule is Cn1ccnc1-c1noc(C2(O)CCNCC2)n1. The Morgan fingerprint density at radius 1 is 1.44 bits per heavy atom. The molecule has 0 aliphatic carbocycles. The highest BCUT2D eigenvalue weighted by Gasteiger charge is 2.37. The summed E-state index contributed by atoms with van der Waals surface area (Å²) in [4.78, 5) is 8.42. The topological polar surface area (TPSA) is 89.0 Å². The van der Waals surface area contributed by atoms with E-state index in [1.54, 1.807) is 10.8 Å². The molecule has 1 aliphatic heterocycles. The highest BCUT2D eigenvalue weighted by atomic mass is 16.5. The molecule has 1 saturated heterocycles. The van der Waals surface area contributed by atoms with Gasteiger partial charge in [0, 0.05) is 19.4 Å². The van der Waals surface area contributed by atoms with Crippen molar-refractivity contribution in [1.29, 1.82) is 0 Å². The van der Waals surface area contributed by atoms with E-state index >= 15 is 0 Å². The highest BCUT2D eigenvalue weighted by molar-refractivity contribution is 5.42. The number of aromatic nitrogens is 4. The van der Waals surface area contributed by atoms with Gasteiger partial charge in [0.15, 0.2) is 5.82 Å². The number of aryl methyl sites for hydroxylation is 1. The van der Waals surface area contributed by atoms with Crippen molar-refractivity contribution in [2.24, 2.45) is 7.05 Å². The molecule has 0 bridgehead atoms. The summed E-state index contributed by atoms with van der Waals surface area (Å²) in [7, 11) is 1.86. The first-order chi connectivity index (χ1) is 8.69. The number of rotatable bonds is 2. The lowest BCUT2D eigenvalue weighted by Crippen LogP contribution is -2.39. The second kappa shape index (κ2) is 4.18. The van der Waals surface area contributed by atoms with Gasteiger partial charge in [-0.1, -0.05) is 5.16 Å². The lowest BCUT2D eigenvalue weighted by Gasteiger charge is -2.28. The summed E-state index contributed by atoms with van der Waals surface area (Å²) in [5.41, 5.74) is -1.01. The summed E-state index contributed by atoms with van der Waals surface area (Å²) in [5.74, 6) is 1.31. The number of aliphatic hydroxyl groups is 1. The summed E-state index contributed by atoms with van der Waals surface area (Å²) in [5, 5.41) is 17.5. The smallest absolute Gasteiger partial charge is 0.259 e. The standard InChI is InChI=1S/C11H15N5O2/c1-16-7-6-13-9(16)8-14-10(18-15-8)11(17)2-4-12-5-3-11/h6-7,12,17H,2-5H2,1H3. The van der Waals surface area contributed by atoms with Crippen molar-refractivity contribution in [2.45, 2.75) is 18.4 Å². The number of hydrogen-bond donors (Lipinski definition) is 2. The summed E-state index contributed by atoms with van der Waals surface area (Å²) in [6.45, 7) is 1.49. The van der Waals surface area contributed by atoms with E-state index in [1.807, 2.05) is 13.2 Å². The minimum atomic E-state index is -1.01. The van der Waals surface area contributed by atoms with Gasteiger partial charge in [-0.25, -0.2) is 4.98 Å². The summed E-state index contributed by atoms with van der Waals surface area (Å²) in [6.07, 6.45) is 4.64. The van der Waals surface area contributed by atoms with Crippen molar-refractivity contribution in [3.63, 3.8) is 0 Å². The van der Waals surface area contributed by atoms with Gasteiger partial charge in [-0.2, -0.15) is 4.98 Å². The Morgan fingerprint density at radius 3 is 2.89 bits per heavy atom. The largest absolute Gasteiger partial charge is 0.380 e. The predicted octanol–water partition coefficient (Wildman–Crippen LogP) is 0.0411. The molecule has 0 atom stereocenters. The van der Waals surface area contributed by atoms with Crippen LogP contribution in [-0.2, 0) is 12.6 Å². The Kier molecular flexibility index (Phi) is 2.64. The second-order valence-corrected chi connectivity index (χ2v) is 4.57. The van der Waals surface area contributed by atoms with Crippen LogP contribution in [0, 0.1) is 0 Å². The van der Waals surface area contributed by atoms with E-state index in [2.05, 4.69) is 20.4 Å². The molecule has 0 spiro atoms. The number of hydrogen-bond acceptors (Lipinski definition) is 6. The van der Waals surface area contributed by atoms with Crippen molar-refractivity contribution in [1.82, 2.24) is 25.0 Å². The molecular weight excluding hydrogens is 234 g/mol. The van der Waals surface area contributed by atoms with Crippen molar-refractivity contribution < 1.29 is 9.63 Å². The Balaban J connectivity index is 1.92. The number of nitrogens with zero attached hydrogens (tertiary/aromatic N) is 4. The van der Waals surface area contributed by atoms with Gasteiger partial charge in [0.25, 0.3) is 5.89 Å². The Bertz CT molecular complexity index is 541. The first-order valence-corrected chi connectivity index (χ1v) is 5.94. The van der Waals surface area contributed by atoms with Crippen LogP contribution in [-0.4, -0.2) is 37.9 Å². The van der Waals surface area contributed by atoms with Crippen LogP contribution in [0.1, 0.15) is 18.7 Å². The average molecular weight is 249 g/mol. The monoisotopic (exact) mass is 249 g/mol. The first kappa shape index (κ1) is 11.4. The minimum absolute atomic E-state index is 0.280. The first-order valence-electron chi connectivity index (χ1n) is 5.94. The molecular formula is C11H15N5O2. The van der Waals surface area contributed by atoms with Crippen LogP contribution in [0.5, 0.6) is 0 Å².